The van der Waals surface area contributed by atoms with Crippen LogP contribution in [0.1, 0.15) is 0 Å². The maximum absolute atomic E-state index is 11.1. The van der Waals surface area contributed by atoms with E-state index < -0.39 is 35.6 Å². The molecule has 3 N–H and O–H groups in total. The standard InChI is InChI=1S/C10H16N2O6S/c1-19(16)18-9-6(4-13)17-10(8(9)15)12-3-2-7(14)11-5-12/h2-3,6,8-10,13,15H,4-5H2,1H3,(H,11,14)/t6-,8+,9+,10-,19?/m1/s1. The Kier molecular flexibility index (Phi) is 4.53. The van der Waals surface area contributed by atoms with Crippen LogP contribution in [0.15, 0.2) is 12.3 Å². The van der Waals surface area contributed by atoms with Gasteiger partial charge in [-0.15, -0.1) is 0 Å². The first kappa shape index (κ1) is 14.4. The maximum Gasteiger partial charge on any atom is 0.246 e. The minimum Gasteiger partial charge on any atom is -0.394 e. The van der Waals surface area contributed by atoms with Crippen LogP contribution in [0.4, 0.5) is 0 Å². The van der Waals surface area contributed by atoms with E-state index in [1.165, 1.54) is 18.5 Å². The number of aliphatic hydroxyl groups is 2. The summed E-state index contributed by atoms with van der Waals surface area (Å²) < 4.78 is 21.6. The maximum atomic E-state index is 11.1. The molecular weight excluding hydrogens is 276 g/mol. The average Bonchev–Trinajstić information content (AvgIpc) is 2.67. The van der Waals surface area contributed by atoms with Gasteiger partial charge < -0.3 is 25.2 Å². The third-order valence-corrected chi connectivity index (χ3v) is 3.41. The third-order valence-electron chi connectivity index (χ3n) is 2.92. The van der Waals surface area contributed by atoms with E-state index in [0.717, 1.165) is 0 Å². The summed E-state index contributed by atoms with van der Waals surface area (Å²) in [7, 11) is 0. The molecule has 1 saturated heterocycles. The van der Waals surface area contributed by atoms with E-state index in [4.69, 9.17) is 8.92 Å². The number of amides is 1. The second kappa shape index (κ2) is 5.97. The second-order valence-corrected chi connectivity index (χ2v) is 5.22. The van der Waals surface area contributed by atoms with Crippen molar-refractivity contribution in [2.75, 3.05) is 19.5 Å². The van der Waals surface area contributed by atoms with E-state index in [1.54, 1.807) is 4.90 Å². The Morgan fingerprint density at radius 3 is 2.95 bits per heavy atom. The van der Waals surface area contributed by atoms with Gasteiger partial charge in [0, 0.05) is 18.5 Å². The Morgan fingerprint density at radius 2 is 2.42 bits per heavy atom. The average molecular weight is 292 g/mol. The van der Waals surface area contributed by atoms with E-state index in [0.29, 0.717) is 0 Å². The summed E-state index contributed by atoms with van der Waals surface area (Å²) in [4.78, 5) is 12.6. The Bertz CT molecular complexity index is 403. The molecule has 2 aliphatic heterocycles. The van der Waals surface area contributed by atoms with Crippen molar-refractivity contribution in [3.63, 3.8) is 0 Å². The molecule has 5 atom stereocenters. The lowest BCUT2D eigenvalue weighted by Crippen LogP contribution is -2.48. The lowest BCUT2D eigenvalue weighted by molar-refractivity contribution is -0.121. The second-order valence-electron chi connectivity index (χ2n) is 4.23. The fraction of sp³-hybridized carbons (Fsp3) is 0.700. The van der Waals surface area contributed by atoms with Crippen molar-refractivity contribution in [2.45, 2.75) is 24.5 Å². The van der Waals surface area contributed by atoms with Gasteiger partial charge in [-0.1, -0.05) is 0 Å². The van der Waals surface area contributed by atoms with Gasteiger partial charge in [0.1, 0.15) is 18.3 Å². The van der Waals surface area contributed by atoms with Crippen molar-refractivity contribution >= 4 is 17.0 Å². The molecule has 2 rings (SSSR count). The van der Waals surface area contributed by atoms with Crippen molar-refractivity contribution < 1.29 is 28.1 Å². The number of ether oxygens (including phenoxy) is 1. The van der Waals surface area contributed by atoms with E-state index in [2.05, 4.69) is 5.32 Å². The molecule has 0 bridgehead atoms. The topological polar surface area (TPSA) is 108 Å². The molecule has 0 saturated carbocycles. The van der Waals surface area contributed by atoms with Crippen molar-refractivity contribution in [2.24, 2.45) is 0 Å². The zero-order valence-corrected chi connectivity index (χ0v) is 11.1. The minimum atomic E-state index is -1.58. The third kappa shape index (κ3) is 3.12. The van der Waals surface area contributed by atoms with Crippen molar-refractivity contribution in [3.05, 3.63) is 12.3 Å². The number of carbonyl (C=O) groups excluding carboxylic acids is 1. The molecule has 1 unspecified atom stereocenters. The van der Waals surface area contributed by atoms with Gasteiger partial charge in [-0.05, 0) is 0 Å². The van der Waals surface area contributed by atoms with E-state index in [-0.39, 0.29) is 19.2 Å². The molecule has 19 heavy (non-hydrogen) atoms. The van der Waals surface area contributed by atoms with Gasteiger partial charge in [-0.2, -0.15) is 0 Å². The van der Waals surface area contributed by atoms with Gasteiger partial charge >= 0.3 is 0 Å². The van der Waals surface area contributed by atoms with Gasteiger partial charge in [-0.3, -0.25) is 8.98 Å². The zero-order valence-electron chi connectivity index (χ0n) is 10.3. The molecule has 2 aliphatic rings. The SMILES string of the molecule is CS(=O)O[C@@H]1[C@H](O)[C@H](N2C=CC(=O)NC2)O[C@@H]1CO. The normalized spacial score (nSPS) is 36.4. The molecule has 0 aromatic rings. The molecule has 0 radical (unpaired) electrons. The van der Waals surface area contributed by atoms with Gasteiger partial charge in [0.25, 0.3) is 0 Å². The van der Waals surface area contributed by atoms with Gasteiger partial charge in [0.05, 0.1) is 13.3 Å². The number of hydrogen-bond acceptors (Lipinski definition) is 7. The molecule has 9 heteroatoms. The number of hydrogen-bond donors (Lipinski definition) is 3. The van der Waals surface area contributed by atoms with E-state index >= 15 is 0 Å². The summed E-state index contributed by atoms with van der Waals surface area (Å²) >= 11 is -1.58. The molecule has 0 aromatic heterocycles. The molecule has 1 amide bonds. The van der Waals surface area contributed by atoms with Crippen molar-refractivity contribution in [1.29, 1.82) is 0 Å². The van der Waals surface area contributed by atoms with E-state index in [1.807, 2.05) is 0 Å². The summed E-state index contributed by atoms with van der Waals surface area (Å²) in [5, 5.41) is 21.9. The summed E-state index contributed by atoms with van der Waals surface area (Å²) in [5.74, 6) is -0.232. The van der Waals surface area contributed by atoms with Crippen LogP contribution in [0, 0.1) is 0 Å². The fourth-order valence-corrected chi connectivity index (χ4v) is 2.59. The first-order valence-corrected chi connectivity index (χ1v) is 7.18. The first-order chi connectivity index (χ1) is 9.02. The molecule has 2 heterocycles. The van der Waals surface area contributed by atoms with Crippen molar-refractivity contribution in [1.82, 2.24) is 10.2 Å². The number of aliphatic hydroxyl groups excluding tert-OH is 2. The molecular formula is C10H16N2O6S. The smallest absolute Gasteiger partial charge is 0.246 e. The van der Waals surface area contributed by atoms with Crippen LogP contribution >= 0.6 is 0 Å². The van der Waals surface area contributed by atoms with E-state index in [9.17, 15) is 19.2 Å². The Hall–Kier alpha value is -1.00. The number of nitrogens with one attached hydrogen (secondary N) is 1. The lowest BCUT2D eigenvalue weighted by atomic mass is 10.1. The highest BCUT2D eigenvalue weighted by molar-refractivity contribution is 7.79. The van der Waals surface area contributed by atoms with Crippen molar-refractivity contribution in [3.8, 4) is 0 Å². The van der Waals surface area contributed by atoms with Gasteiger partial charge in [0.2, 0.25) is 5.91 Å². The predicted molar refractivity (Wildman–Crippen MR) is 64.7 cm³/mol. The molecule has 108 valence electrons. The number of nitrogens with zero attached hydrogens (tertiary/aromatic N) is 1. The van der Waals surface area contributed by atoms with Crippen LogP contribution in [0.2, 0.25) is 0 Å². The van der Waals surface area contributed by atoms with Crippen LogP contribution in [0.25, 0.3) is 0 Å². The lowest BCUT2D eigenvalue weighted by Gasteiger charge is -2.31. The summed E-state index contributed by atoms with van der Waals surface area (Å²) in [6, 6.07) is 0. The molecule has 0 aliphatic carbocycles. The predicted octanol–water partition coefficient (Wildman–Crippen LogP) is -2.35. The Morgan fingerprint density at radius 1 is 1.68 bits per heavy atom. The summed E-state index contributed by atoms with van der Waals surface area (Å²) in [6.45, 7) is -0.184. The van der Waals surface area contributed by atoms with Crippen LogP contribution in [-0.4, -0.2) is 69.3 Å². The number of carbonyl (C=O) groups is 1. The largest absolute Gasteiger partial charge is 0.394 e. The van der Waals surface area contributed by atoms with Crippen LogP contribution in [-0.2, 0) is 24.8 Å². The van der Waals surface area contributed by atoms with Crippen LogP contribution < -0.4 is 5.32 Å². The highest BCUT2D eigenvalue weighted by Crippen LogP contribution is 2.27. The first-order valence-electron chi connectivity index (χ1n) is 5.69. The Labute approximate surface area is 112 Å². The quantitative estimate of drug-likeness (QED) is 0.532. The molecule has 0 spiro atoms. The Balaban J connectivity index is 2.09. The van der Waals surface area contributed by atoms with Gasteiger partial charge in [0.15, 0.2) is 17.3 Å². The minimum absolute atomic E-state index is 0.178. The summed E-state index contributed by atoms with van der Waals surface area (Å²) in [5.41, 5.74) is 0. The molecule has 8 nitrogen and oxygen atoms in total. The molecule has 0 aromatic carbocycles. The van der Waals surface area contributed by atoms with Crippen LogP contribution in [0.3, 0.4) is 0 Å². The number of rotatable bonds is 4. The monoisotopic (exact) mass is 292 g/mol. The fourth-order valence-electron chi connectivity index (χ4n) is 2.03. The highest BCUT2D eigenvalue weighted by atomic mass is 32.2. The van der Waals surface area contributed by atoms with Crippen LogP contribution in [0.5, 0.6) is 0 Å². The van der Waals surface area contributed by atoms with Gasteiger partial charge in [-0.25, -0.2) is 4.21 Å². The highest BCUT2D eigenvalue weighted by Gasteiger charge is 2.47. The zero-order chi connectivity index (χ0) is 14.0. The molecule has 1 fully saturated rings. The summed E-state index contributed by atoms with van der Waals surface area (Å²) in [6.07, 6.45) is 0.617.